The van der Waals surface area contributed by atoms with E-state index in [-0.39, 0.29) is 29.2 Å². The number of carbonyl (C=O) groups excluding carboxylic acids is 2. The van der Waals surface area contributed by atoms with Crippen molar-refractivity contribution in [3.05, 3.63) is 84.4 Å². The zero-order chi connectivity index (χ0) is 29.8. The summed E-state index contributed by atoms with van der Waals surface area (Å²) in [5.41, 5.74) is 3.28. The fourth-order valence-electron chi connectivity index (χ4n) is 4.19. The highest BCUT2D eigenvalue weighted by Gasteiger charge is 2.29. The van der Waals surface area contributed by atoms with E-state index in [9.17, 15) is 18.0 Å². The Morgan fingerprint density at radius 2 is 1.74 bits per heavy atom. The molecular weight excluding hydrogens is 560 g/mol. The van der Waals surface area contributed by atoms with E-state index in [1.165, 1.54) is 18.3 Å². The molecule has 0 bridgehead atoms. The largest absolute Gasteiger partial charge is 0.492 e. The summed E-state index contributed by atoms with van der Waals surface area (Å²) >= 11 is 0. The Morgan fingerprint density at radius 3 is 2.45 bits per heavy atom. The van der Waals surface area contributed by atoms with Crippen LogP contribution < -0.4 is 24.5 Å². The molecule has 11 nitrogen and oxygen atoms in total. The number of sulfonamides is 1. The van der Waals surface area contributed by atoms with Gasteiger partial charge in [0, 0.05) is 13.2 Å². The minimum atomic E-state index is -4.10. The van der Waals surface area contributed by atoms with Crippen LogP contribution >= 0.6 is 0 Å². The molecule has 1 heterocycles. The van der Waals surface area contributed by atoms with Gasteiger partial charge in [0.25, 0.3) is 21.8 Å². The fraction of sp³-hybridized carbons (Fsp3) is 0.300. The van der Waals surface area contributed by atoms with Crippen molar-refractivity contribution in [3.63, 3.8) is 0 Å². The normalized spacial score (nSPS) is 14.8. The van der Waals surface area contributed by atoms with Crippen LogP contribution in [0, 0.1) is 0 Å². The van der Waals surface area contributed by atoms with Gasteiger partial charge in [0.1, 0.15) is 18.0 Å². The third-order valence-corrected chi connectivity index (χ3v) is 8.03. The molecule has 2 N–H and O–H groups in total. The Labute approximate surface area is 245 Å². The van der Waals surface area contributed by atoms with Crippen molar-refractivity contribution in [2.45, 2.75) is 30.8 Å². The topological polar surface area (TPSA) is 136 Å². The average molecular weight is 595 g/mol. The summed E-state index contributed by atoms with van der Waals surface area (Å²) < 4.78 is 44.8. The fourth-order valence-corrected chi connectivity index (χ4v) is 5.64. The molecule has 0 spiro atoms. The van der Waals surface area contributed by atoms with Gasteiger partial charge in [0.2, 0.25) is 0 Å². The smallest absolute Gasteiger partial charge is 0.264 e. The van der Waals surface area contributed by atoms with Crippen LogP contribution in [0.2, 0.25) is 0 Å². The van der Waals surface area contributed by atoms with Gasteiger partial charge in [-0.1, -0.05) is 30.3 Å². The van der Waals surface area contributed by atoms with E-state index >= 15 is 0 Å². The van der Waals surface area contributed by atoms with Crippen molar-refractivity contribution >= 4 is 33.7 Å². The number of benzene rings is 3. The predicted molar refractivity (Wildman–Crippen MR) is 158 cm³/mol. The first-order valence-electron chi connectivity index (χ1n) is 13.6. The van der Waals surface area contributed by atoms with Crippen LogP contribution in [0.25, 0.3) is 0 Å². The first-order chi connectivity index (χ1) is 20.4. The molecule has 4 rings (SSSR count). The molecule has 3 aromatic rings. The van der Waals surface area contributed by atoms with Crippen LogP contribution in [0.4, 0.5) is 5.69 Å². The van der Waals surface area contributed by atoms with Crippen LogP contribution in [-0.4, -0.2) is 65.5 Å². The molecule has 2 amide bonds. The van der Waals surface area contributed by atoms with Crippen LogP contribution in [0.3, 0.4) is 0 Å². The van der Waals surface area contributed by atoms with Gasteiger partial charge in [0.05, 0.1) is 29.5 Å². The summed E-state index contributed by atoms with van der Waals surface area (Å²) in [7, 11) is -4.10. The summed E-state index contributed by atoms with van der Waals surface area (Å²) in [6.45, 7) is 2.66. The van der Waals surface area contributed by atoms with E-state index in [4.69, 9.17) is 14.2 Å². The van der Waals surface area contributed by atoms with Crippen molar-refractivity contribution in [1.29, 1.82) is 0 Å². The van der Waals surface area contributed by atoms with Crippen LogP contribution in [0.1, 0.15) is 25.3 Å². The molecule has 1 saturated heterocycles. The highest BCUT2D eigenvalue weighted by molar-refractivity contribution is 7.92. The van der Waals surface area contributed by atoms with Crippen molar-refractivity contribution in [1.82, 2.24) is 10.7 Å². The molecule has 0 unspecified atom stereocenters. The van der Waals surface area contributed by atoms with Crippen molar-refractivity contribution < 1.29 is 32.2 Å². The van der Waals surface area contributed by atoms with Gasteiger partial charge in [-0.3, -0.25) is 13.9 Å². The van der Waals surface area contributed by atoms with Gasteiger partial charge in [-0.25, -0.2) is 13.8 Å². The number of amides is 2. The number of anilines is 1. The van der Waals surface area contributed by atoms with E-state index < -0.39 is 22.5 Å². The van der Waals surface area contributed by atoms with E-state index in [2.05, 4.69) is 15.8 Å². The molecule has 222 valence electrons. The van der Waals surface area contributed by atoms with Crippen molar-refractivity contribution in [2.24, 2.45) is 5.10 Å². The first kappa shape index (κ1) is 30.5. The van der Waals surface area contributed by atoms with Crippen LogP contribution in [0.5, 0.6) is 11.5 Å². The SMILES string of the molecule is CCOc1ccccc1N(CC(=O)N/N=C\c1ccc(OCC(=O)NC[C@H]2CCCO2)cc1)S(=O)(=O)c1ccccc1. The minimum Gasteiger partial charge on any atom is -0.492 e. The third-order valence-electron chi connectivity index (χ3n) is 6.26. The summed E-state index contributed by atoms with van der Waals surface area (Å²) in [5.74, 6) is -0.0475. The lowest BCUT2D eigenvalue weighted by molar-refractivity contribution is -0.123. The maximum absolute atomic E-state index is 13.6. The molecule has 42 heavy (non-hydrogen) atoms. The molecule has 1 atom stereocenters. The number of hydrogen-bond acceptors (Lipinski definition) is 8. The second-order valence-electron chi connectivity index (χ2n) is 9.32. The molecule has 1 fully saturated rings. The van der Waals surface area contributed by atoms with Crippen LogP contribution in [0.15, 0.2) is 88.9 Å². The molecule has 3 aromatic carbocycles. The number of ether oxygens (including phenoxy) is 3. The lowest BCUT2D eigenvalue weighted by Crippen LogP contribution is -2.39. The number of nitrogens with zero attached hydrogens (tertiary/aromatic N) is 2. The monoisotopic (exact) mass is 594 g/mol. The zero-order valence-electron chi connectivity index (χ0n) is 23.3. The van der Waals surface area contributed by atoms with Crippen LogP contribution in [-0.2, 0) is 24.3 Å². The Bertz CT molecular complexity index is 1460. The Morgan fingerprint density at radius 1 is 1.00 bits per heavy atom. The number of hydrazone groups is 1. The highest BCUT2D eigenvalue weighted by atomic mass is 32.2. The second kappa shape index (κ2) is 15.0. The molecule has 0 saturated carbocycles. The predicted octanol–water partition coefficient (Wildman–Crippen LogP) is 3.10. The maximum atomic E-state index is 13.6. The van der Waals surface area contributed by atoms with E-state index in [1.807, 2.05) is 0 Å². The molecular formula is C30H34N4O7S. The molecule has 0 radical (unpaired) electrons. The van der Waals surface area contributed by atoms with Crippen molar-refractivity contribution in [3.8, 4) is 11.5 Å². The quantitative estimate of drug-likeness (QED) is 0.216. The molecule has 12 heteroatoms. The number of hydrogen-bond donors (Lipinski definition) is 2. The summed E-state index contributed by atoms with van der Waals surface area (Å²) in [6, 6.07) is 21.3. The van der Waals surface area contributed by atoms with Gasteiger partial charge in [-0.2, -0.15) is 5.10 Å². The standard InChI is InChI=1S/C30H34N4O7S/c1-2-39-28-13-7-6-12-27(28)34(42(37,38)26-10-4-3-5-11-26)21-29(35)33-32-19-23-14-16-24(17-15-23)41-22-30(36)31-20-25-9-8-18-40-25/h3-7,10-17,19,25H,2,8-9,18,20-22H2,1H3,(H,31,36)(H,33,35)/b32-19-/t25-/m1/s1. The number of para-hydroxylation sites is 2. The molecule has 0 aliphatic carbocycles. The number of carbonyl (C=O) groups is 2. The number of nitrogens with one attached hydrogen (secondary N) is 2. The van der Waals surface area contributed by atoms with Gasteiger partial charge in [0.15, 0.2) is 6.61 Å². The minimum absolute atomic E-state index is 0.0372. The summed E-state index contributed by atoms with van der Waals surface area (Å²) in [6.07, 6.45) is 3.43. The lowest BCUT2D eigenvalue weighted by atomic mass is 10.2. The maximum Gasteiger partial charge on any atom is 0.264 e. The Hall–Kier alpha value is -4.42. The molecule has 1 aliphatic heterocycles. The first-order valence-corrected chi connectivity index (χ1v) is 15.0. The average Bonchev–Trinajstić information content (AvgIpc) is 3.53. The van der Waals surface area contributed by atoms with E-state index in [1.54, 1.807) is 73.7 Å². The lowest BCUT2D eigenvalue weighted by Gasteiger charge is -2.25. The van der Waals surface area contributed by atoms with Gasteiger partial charge in [-0.05, 0) is 73.9 Å². The van der Waals surface area contributed by atoms with Gasteiger partial charge in [-0.15, -0.1) is 0 Å². The van der Waals surface area contributed by atoms with Gasteiger partial charge >= 0.3 is 0 Å². The van der Waals surface area contributed by atoms with Gasteiger partial charge < -0.3 is 19.5 Å². The zero-order valence-corrected chi connectivity index (χ0v) is 24.1. The summed E-state index contributed by atoms with van der Waals surface area (Å²) in [5, 5.41) is 6.77. The number of rotatable bonds is 14. The summed E-state index contributed by atoms with van der Waals surface area (Å²) in [4.78, 5) is 24.9. The molecule has 0 aromatic heterocycles. The second-order valence-corrected chi connectivity index (χ2v) is 11.2. The Balaban J connectivity index is 1.35. The van der Waals surface area contributed by atoms with E-state index in [0.29, 0.717) is 30.2 Å². The third kappa shape index (κ3) is 8.54. The van der Waals surface area contributed by atoms with Crippen molar-refractivity contribution in [2.75, 3.05) is 37.2 Å². The van der Waals surface area contributed by atoms with E-state index in [0.717, 1.165) is 23.8 Å². The Kier molecular flexibility index (Phi) is 10.9. The molecule has 1 aliphatic rings. The highest BCUT2D eigenvalue weighted by Crippen LogP contribution is 2.32.